The van der Waals surface area contributed by atoms with Gasteiger partial charge in [-0.05, 0) is 29.5 Å². The standard InChI is InChI=1S/C38H45N4O8/c1-24(2)33-34-25(3)31(35(40(34)36(33)43)38(45)50-37(44)26-12-14-28(15-13-26)41(46)47)23-49-32-11-7-9-29-27(8-6-10-30(29)32)22-42(4,5)19-16-39-17-20-48-21-18-39/h6-15,24-25,33-34H,16-23H2,1-5H3/q+1/t25-,33+,34+/m0/s1. The molecule has 264 valence electrons. The number of benzene rings is 3. The molecule has 0 bridgehead atoms. The number of esters is 2. The maximum absolute atomic E-state index is 13.7. The Bertz CT molecular complexity index is 1830. The summed E-state index contributed by atoms with van der Waals surface area (Å²) in [6.07, 6.45) is 0. The highest BCUT2D eigenvalue weighted by Gasteiger charge is 2.59. The third-order valence-electron chi connectivity index (χ3n) is 10.3. The zero-order valence-corrected chi connectivity index (χ0v) is 29.3. The van der Waals surface area contributed by atoms with Crippen molar-refractivity contribution in [1.82, 2.24) is 9.80 Å². The molecule has 0 unspecified atom stereocenters. The quantitative estimate of drug-likeness (QED) is 0.0659. The molecule has 3 aliphatic rings. The molecule has 0 N–H and O–H groups in total. The average molecular weight is 686 g/mol. The Morgan fingerprint density at radius 2 is 1.68 bits per heavy atom. The third kappa shape index (κ3) is 7.01. The number of likely N-dealkylation sites (N-methyl/N-ethyl adjacent to an activating group) is 1. The van der Waals surface area contributed by atoms with Crippen LogP contribution in [0, 0.1) is 27.9 Å². The number of morpholine rings is 1. The van der Waals surface area contributed by atoms with Gasteiger partial charge in [0.25, 0.3) is 5.69 Å². The van der Waals surface area contributed by atoms with Gasteiger partial charge in [0.1, 0.15) is 24.6 Å². The highest BCUT2D eigenvalue weighted by atomic mass is 16.6. The van der Waals surface area contributed by atoms with Crippen LogP contribution in [0.1, 0.15) is 36.7 Å². The molecule has 3 aliphatic heterocycles. The molecular weight excluding hydrogens is 640 g/mol. The van der Waals surface area contributed by atoms with Crippen LogP contribution in [-0.2, 0) is 25.6 Å². The Labute approximate surface area is 291 Å². The summed E-state index contributed by atoms with van der Waals surface area (Å²) in [7, 11) is 4.49. The van der Waals surface area contributed by atoms with Gasteiger partial charge in [-0.25, -0.2) is 9.59 Å². The molecule has 3 aromatic rings. The zero-order valence-electron chi connectivity index (χ0n) is 29.3. The lowest BCUT2D eigenvalue weighted by Crippen LogP contribution is -2.62. The number of non-ortho nitro benzene ring substituents is 1. The van der Waals surface area contributed by atoms with Gasteiger partial charge >= 0.3 is 11.9 Å². The second-order valence-corrected chi connectivity index (χ2v) is 14.4. The van der Waals surface area contributed by atoms with Gasteiger partial charge in [-0.2, -0.15) is 0 Å². The van der Waals surface area contributed by atoms with Crippen LogP contribution in [0.5, 0.6) is 5.75 Å². The molecule has 0 spiro atoms. The first-order valence-corrected chi connectivity index (χ1v) is 17.2. The summed E-state index contributed by atoms with van der Waals surface area (Å²) in [6, 6.07) is 16.7. The van der Waals surface area contributed by atoms with E-state index in [1.54, 1.807) is 0 Å². The van der Waals surface area contributed by atoms with Crippen molar-refractivity contribution in [2.45, 2.75) is 33.4 Å². The summed E-state index contributed by atoms with van der Waals surface area (Å²) in [5.41, 5.74) is 1.61. The number of fused-ring (bicyclic) bond motifs is 2. The van der Waals surface area contributed by atoms with Crippen LogP contribution in [0.3, 0.4) is 0 Å². The summed E-state index contributed by atoms with van der Waals surface area (Å²) >= 11 is 0. The molecule has 0 aromatic heterocycles. The highest BCUT2D eigenvalue weighted by molar-refractivity contribution is 6.06. The predicted octanol–water partition coefficient (Wildman–Crippen LogP) is 4.81. The van der Waals surface area contributed by atoms with E-state index >= 15 is 0 Å². The lowest BCUT2D eigenvalue weighted by Gasteiger charge is -2.47. The molecule has 0 radical (unpaired) electrons. The summed E-state index contributed by atoms with van der Waals surface area (Å²) in [5.74, 6) is -1.89. The number of nitro groups is 1. The third-order valence-corrected chi connectivity index (χ3v) is 10.3. The monoisotopic (exact) mass is 685 g/mol. The van der Waals surface area contributed by atoms with Crippen LogP contribution in [0.25, 0.3) is 10.8 Å². The number of hydrogen-bond donors (Lipinski definition) is 0. The first-order valence-electron chi connectivity index (χ1n) is 17.2. The number of amides is 1. The second kappa shape index (κ2) is 14.3. The van der Waals surface area contributed by atoms with Crippen LogP contribution in [-0.4, -0.2) is 103 Å². The molecule has 3 aromatic carbocycles. The average Bonchev–Trinajstić information content (AvgIpc) is 3.34. The fourth-order valence-electron chi connectivity index (χ4n) is 7.46. The fourth-order valence-corrected chi connectivity index (χ4v) is 7.46. The molecule has 0 saturated carbocycles. The molecule has 0 aliphatic carbocycles. The van der Waals surface area contributed by atoms with Crippen LogP contribution in [0.15, 0.2) is 71.9 Å². The van der Waals surface area contributed by atoms with Gasteiger partial charge in [-0.15, -0.1) is 0 Å². The largest absolute Gasteiger partial charge is 0.488 e. The van der Waals surface area contributed by atoms with Gasteiger partial charge in [-0.3, -0.25) is 19.8 Å². The summed E-state index contributed by atoms with van der Waals surface area (Å²) in [5, 5.41) is 13.1. The first-order chi connectivity index (χ1) is 23.9. The number of nitro benzene ring substituents is 1. The highest BCUT2D eigenvalue weighted by Crippen LogP contribution is 2.49. The molecule has 2 fully saturated rings. The van der Waals surface area contributed by atoms with Crippen LogP contribution in [0.4, 0.5) is 5.69 Å². The van der Waals surface area contributed by atoms with E-state index in [1.165, 1.54) is 34.7 Å². The SMILES string of the molecule is CC(C)[C@H]1C(=O)N2C(C(=O)OC(=O)c3ccc([N+](=O)[O-])cc3)=C(COc3cccc4c(C[N+](C)(C)CCN5CCOCC5)cccc34)[C@H](C)[C@H]12. The summed E-state index contributed by atoms with van der Waals surface area (Å²) in [6.45, 7) is 12.3. The van der Waals surface area contributed by atoms with Crippen molar-refractivity contribution in [2.75, 3.05) is 60.1 Å². The molecule has 12 heteroatoms. The van der Waals surface area contributed by atoms with Gasteiger partial charge in [0, 0.05) is 54.2 Å². The van der Waals surface area contributed by atoms with E-state index < -0.39 is 16.9 Å². The number of carbonyl (C=O) groups is 3. The fraction of sp³-hybridized carbons (Fsp3) is 0.447. The lowest BCUT2D eigenvalue weighted by molar-refractivity contribution is -0.903. The predicted molar refractivity (Wildman–Crippen MR) is 186 cm³/mol. The number of ether oxygens (including phenoxy) is 3. The summed E-state index contributed by atoms with van der Waals surface area (Å²) < 4.78 is 18.1. The number of β-lactam (4-membered cyclic amide) rings is 1. The smallest absolute Gasteiger partial charge is 0.363 e. The van der Waals surface area contributed by atoms with Gasteiger partial charge < -0.3 is 23.6 Å². The molecule has 2 saturated heterocycles. The topological polar surface area (TPSA) is 129 Å². The van der Waals surface area contributed by atoms with Crippen molar-refractivity contribution in [1.29, 1.82) is 0 Å². The Morgan fingerprint density at radius 1 is 1.00 bits per heavy atom. The van der Waals surface area contributed by atoms with Crippen LogP contribution in [0.2, 0.25) is 0 Å². The van der Waals surface area contributed by atoms with Crippen molar-refractivity contribution in [2.24, 2.45) is 17.8 Å². The van der Waals surface area contributed by atoms with Crippen molar-refractivity contribution >= 4 is 34.3 Å². The number of hydrogen-bond acceptors (Lipinski definition) is 9. The van der Waals surface area contributed by atoms with E-state index in [-0.39, 0.29) is 53.3 Å². The Balaban J connectivity index is 1.23. The normalized spacial score (nSPS) is 21.0. The molecule has 3 atom stereocenters. The number of quaternary nitrogens is 1. The van der Waals surface area contributed by atoms with Gasteiger partial charge in [0.05, 0.1) is 56.3 Å². The van der Waals surface area contributed by atoms with E-state index in [9.17, 15) is 24.5 Å². The molecule has 50 heavy (non-hydrogen) atoms. The molecule has 6 rings (SSSR count). The van der Waals surface area contributed by atoms with Crippen molar-refractivity contribution in [3.8, 4) is 5.75 Å². The number of rotatable bonds is 12. The molecule has 3 heterocycles. The lowest BCUT2D eigenvalue weighted by atomic mass is 9.74. The zero-order chi connectivity index (χ0) is 35.7. The first kappa shape index (κ1) is 35.2. The van der Waals surface area contributed by atoms with E-state index in [0.29, 0.717) is 11.3 Å². The van der Waals surface area contributed by atoms with Gasteiger partial charge in [0.15, 0.2) is 0 Å². The number of carbonyl (C=O) groups excluding carboxylic acids is 3. The maximum Gasteiger partial charge on any atom is 0.363 e. The van der Waals surface area contributed by atoms with Gasteiger partial charge in [0.2, 0.25) is 5.91 Å². The van der Waals surface area contributed by atoms with Crippen molar-refractivity contribution in [3.63, 3.8) is 0 Å². The van der Waals surface area contributed by atoms with E-state index in [4.69, 9.17) is 14.2 Å². The van der Waals surface area contributed by atoms with Crippen LogP contribution < -0.4 is 4.74 Å². The van der Waals surface area contributed by atoms with Crippen LogP contribution >= 0.6 is 0 Å². The van der Waals surface area contributed by atoms with Crippen molar-refractivity contribution in [3.05, 3.63) is 93.2 Å². The van der Waals surface area contributed by atoms with Crippen molar-refractivity contribution < 1.29 is 38.0 Å². The van der Waals surface area contributed by atoms with E-state index in [2.05, 4.69) is 31.1 Å². The van der Waals surface area contributed by atoms with E-state index in [1.807, 2.05) is 45.0 Å². The minimum absolute atomic E-state index is 0.0191. The van der Waals surface area contributed by atoms with Gasteiger partial charge in [-0.1, -0.05) is 51.1 Å². The minimum Gasteiger partial charge on any atom is -0.488 e. The maximum atomic E-state index is 13.7. The molecule has 12 nitrogen and oxygen atoms in total. The molecule has 1 amide bonds. The molecular formula is C38H45N4O8+. The minimum atomic E-state index is -0.963. The Morgan fingerprint density at radius 3 is 2.36 bits per heavy atom. The summed E-state index contributed by atoms with van der Waals surface area (Å²) in [4.78, 5) is 54.3. The van der Waals surface area contributed by atoms with E-state index in [0.717, 1.165) is 61.2 Å². The number of nitrogens with zero attached hydrogens (tertiary/aromatic N) is 4. The Hall–Kier alpha value is -4.65. The Kier molecular flexibility index (Phi) is 10.1. The second-order valence-electron chi connectivity index (χ2n) is 14.4.